The molecule has 0 spiro atoms. The van der Waals surface area contributed by atoms with Crippen LogP contribution in [0.2, 0.25) is 10.0 Å². The highest BCUT2D eigenvalue weighted by molar-refractivity contribution is 6.35. The molecule has 0 aliphatic heterocycles. The predicted octanol–water partition coefficient (Wildman–Crippen LogP) is 4.92. The lowest BCUT2D eigenvalue weighted by Crippen LogP contribution is -2.11. The number of Topliss-reactive ketones (excluding diaryl/α,β-unsaturated/α-hetero) is 1. The summed E-state index contributed by atoms with van der Waals surface area (Å²) in [5.41, 5.74) is 1.12. The first-order valence-corrected chi connectivity index (χ1v) is 7.96. The Bertz CT molecular complexity index is 486. The SMILES string of the molecule is O=C(O)C(=O)CCCCCCCCc1ccc(Cl)cc1Cl. The minimum absolute atomic E-state index is 0.149. The number of carbonyl (C=O) groups is 2. The second kappa shape index (κ2) is 9.80. The van der Waals surface area contributed by atoms with Crippen LogP contribution in [0.4, 0.5) is 0 Å². The highest BCUT2D eigenvalue weighted by Crippen LogP contribution is 2.22. The third kappa shape index (κ3) is 7.49. The molecule has 0 saturated carbocycles. The number of hydrogen-bond donors (Lipinski definition) is 1. The van der Waals surface area contributed by atoms with Gasteiger partial charge in [-0.25, -0.2) is 4.79 Å². The van der Waals surface area contributed by atoms with E-state index in [0.29, 0.717) is 11.4 Å². The Labute approximate surface area is 135 Å². The molecule has 1 N–H and O–H groups in total. The van der Waals surface area contributed by atoms with Crippen molar-refractivity contribution in [1.29, 1.82) is 0 Å². The molecule has 0 aliphatic rings. The van der Waals surface area contributed by atoms with Crippen LogP contribution in [0.3, 0.4) is 0 Å². The van der Waals surface area contributed by atoms with E-state index in [-0.39, 0.29) is 6.42 Å². The number of carboxylic acid groups (broad SMARTS) is 1. The van der Waals surface area contributed by atoms with Gasteiger partial charge in [0.15, 0.2) is 0 Å². The summed E-state index contributed by atoms with van der Waals surface area (Å²) < 4.78 is 0. The van der Waals surface area contributed by atoms with Crippen LogP contribution in [0.5, 0.6) is 0 Å². The number of unbranched alkanes of at least 4 members (excludes halogenated alkanes) is 5. The summed E-state index contributed by atoms with van der Waals surface area (Å²) in [6, 6.07) is 5.57. The number of carbonyl (C=O) groups excluding carboxylic acids is 1. The maximum absolute atomic E-state index is 10.9. The van der Waals surface area contributed by atoms with Crippen LogP contribution in [-0.2, 0) is 16.0 Å². The van der Waals surface area contributed by atoms with Crippen LogP contribution >= 0.6 is 23.2 Å². The van der Waals surface area contributed by atoms with Gasteiger partial charge in [-0.15, -0.1) is 0 Å². The fraction of sp³-hybridized carbons (Fsp3) is 0.500. The Balaban J connectivity index is 2.05. The molecule has 116 valence electrons. The largest absolute Gasteiger partial charge is 0.476 e. The van der Waals surface area contributed by atoms with Gasteiger partial charge in [0.05, 0.1) is 0 Å². The molecule has 0 unspecified atom stereocenters. The van der Waals surface area contributed by atoms with Gasteiger partial charge in [-0.05, 0) is 37.0 Å². The molecular weight excluding hydrogens is 311 g/mol. The van der Waals surface area contributed by atoms with E-state index in [2.05, 4.69) is 0 Å². The van der Waals surface area contributed by atoms with Crippen molar-refractivity contribution in [3.63, 3.8) is 0 Å². The second-order valence-corrected chi connectivity index (χ2v) is 5.93. The van der Waals surface area contributed by atoms with Crippen LogP contribution < -0.4 is 0 Å². The van der Waals surface area contributed by atoms with Gasteiger partial charge in [0.25, 0.3) is 0 Å². The molecule has 1 aromatic rings. The molecule has 0 amide bonds. The summed E-state index contributed by atoms with van der Waals surface area (Å²) in [5.74, 6) is -2.01. The fourth-order valence-corrected chi connectivity index (χ4v) is 2.64. The first kappa shape index (κ1) is 18.0. The van der Waals surface area contributed by atoms with E-state index >= 15 is 0 Å². The van der Waals surface area contributed by atoms with E-state index in [0.717, 1.165) is 49.1 Å². The number of aryl methyl sites for hydroxylation is 1. The fourth-order valence-electron chi connectivity index (χ4n) is 2.14. The molecule has 1 aromatic carbocycles. The van der Waals surface area contributed by atoms with Crippen molar-refractivity contribution in [3.05, 3.63) is 33.8 Å². The highest BCUT2D eigenvalue weighted by Gasteiger charge is 2.09. The molecule has 0 bridgehead atoms. The molecule has 0 aromatic heterocycles. The molecule has 0 aliphatic carbocycles. The normalized spacial score (nSPS) is 10.6. The average Bonchev–Trinajstić information content (AvgIpc) is 2.43. The number of aliphatic carboxylic acids is 1. The Kier molecular flexibility index (Phi) is 8.40. The van der Waals surface area contributed by atoms with Crippen molar-refractivity contribution in [3.8, 4) is 0 Å². The van der Waals surface area contributed by atoms with Gasteiger partial charge in [-0.1, -0.05) is 55.0 Å². The first-order chi connectivity index (χ1) is 10.0. The number of hydrogen-bond acceptors (Lipinski definition) is 2. The minimum atomic E-state index is -1.32. The lowest BCUT2D eigenvalue weighted by atomic mass is 10.0. The van der Waals surface area contributed by atoms with Crippen LogP contribution in [0.15, 0.2) is 18.2 Å². The van der Waals surface area contributed by atoms with E-state index in [4.69, 9.17) is 28.3 Å². The molecule has 1 rings (SSSR count). The van der Waals surface area contributed by atoms with Crippen LogP contribution in [0.25, 0.3) is 0 Å². The van der Waals surface area contributed by atoms with Crippen molar-refractivity contribution in [2.24, 2.45) is 0 Å². The maximum atomic E-state index is 10.9. The number of carboxylic acids is 1. The van der Waals surface area contributed by atoms with E-state index in [9.17, 15) is 9.59 Å². The summed E-state index contributed by atoms with van der Waals surface area (Å²) in [6.07, 6.45) is 6.94. The van der Waals surface area contributed by atoms with Crippen molar-refractivity contribution >= 4 is 35.0 Å². The first-order valence-electron chi connectivity index (χ1n) is 7.20. The Hall–Kier alpha value is -1.06. The van der Waals surface area contributed by atoms with Crippen molar-refractivity contribution in [1.82, 2.24) is 0 Å². The second-order valence-electron chi connectivity index (χ2n) is 5.09. The third-order valence-electron chi connectivity index (χ3n) is 3.35. The number of halogens is 2. The Morgan fingerprint density at radius 3 is 2.19 bits per heavy atom. The molecule has 0 radical (unpaired) electrons. The van der Waals surface area contributed by atoms with Gasteiger partial charge >= 0.3 is 5.97 Å². The summed E-state index contributed by atoms with van der Waals surface area (Å²) in [7, 11) is 0. The van der Waals surface area contributed by atoms with E-state index < -0.39 is 11.8 Å². The minimum Gasteiger partial charge on any atom is -0.476 e. The summed E-state index contributed by atoms with van der Waals surface area (Å²) in [4.78, 5) is 21.2. The van der Waals surface area contributed by atoms with Gasteiger partial charge in [0.1, 0.15) is 0 Å². The number of rotatable bonds is 10. The summed E-state index contributed by atoms with van der Waals surface area (Å²) in [6.45, 7) is 0. The van der Waals surface area contributed by atoms with Crippen LogP contribution in [0.1, 0.15) is 50.5 Å². The lowest BCUT2D eigenvalue weighted by molar-refractivity contribution is -0.149. The molecular formula is C16H20Cl2O3. The monoisotopic (exact) mass is 330 g/mol. The third-order valence-corrected chi connectivity index (χ3v) is 3.94. The van der Waals surface area contributed by atoms with Crippen molar-refractivity contribution < 1.29 is 14.7 Å². The Morgan fingerprint density at radius 2 is 1.57 bits per heavy atom. The maximum Gasteiger partial charge on any atom is 0.372 e. The molecule has 5 heteroatoms. The van der Waals surface area contributed by atoms with Crippen LogP contribution in [-0.4, -0.2) is 16.9 Å². The van der Waals surface area contributed by atoms with Gasteiger partial charge in [0.2, 0.25) is 5.78 Å². The zero-order chi connectivity index (χ0) is 15.7. The number of benzene rings is 1. The van der Waals surface area contributed by atoms with Gasteiger partial charge in [0, 0.05) is 16.5 Å². The van der Waals surface area contributed by atoms with E-state index in [1.165, 1.54) is 0 Å². The van der Waals surface area contributed by atoms with Crippen molar-refractivity contribution in [2.75, 3.05) is 0 Å². The summed E-state index contributed by atoms with van der Waals surface area (Å²) >= 11 is 11.9. The van der Waals surface area contributed by atoms with Gasteiger partial charge < -0.3 is 5.11 Å². The smallest absolute Gasteiger partial charge is 0.372 e. The van der Waals surface area contributed by atoms with Crippen LogP contribution in [0, 0.1) is 0 Å². The molecule has 0 fully saturated rings. The quantitative estimate of drug-likeness (QED) is 0.489. The molecule has 0 heterocycles. The van der Waals surface area contributed by atoms with Gasteiger partial charge in [-0.3, -0.25) is 4.79 Å². The number of ketones is 1. The van der Waals surface area contributed by atoms with Crippen molar-refractivity contribution in [2.45, 2.75) is 51.4 Å². The molecule has 0 saturated heterocycles. The zero-order valence-corrected chi connectivity index (χ0v) is 13.4. The molecule has 21 heavy (non-hydrogen) atoms. The molecule has 0 atom stereocenters. The van der Waals surface area contributed by atoms with E-state index in [1.807, 2.05) is 12.1 Å². The van der Waals surface area contributed by atoms with E-state index in [1.54, 1.807) is 6.07 Å². The van der Waals surface area contributed by atoms with Gasteiger partial charge in [-0.2, -0.15) is 0 Å². The highest BCUT2D eigenvalue weighted by atomic mass is 35.5. The average molecular weight is 331 g/mol. The zero-order valence-electron chi connectivity index (χ0n) is 11.9. The topological polar surface area (TPSA) is 54.4 Å². The standard InChI is InChI=1S/C16H20Cl2O3/c17-13-10-9-12(14(18)11-13)7-5-3-1-2-4-6-8-15(19)16(20)21/h9-11H,1-8H2,(H,20,21). The summed E-state index contributed by atoms with van der Waals surface area (Å²) in [5, 5.41) is 9.80. The lowest BCUT2D eigenvalue weighted by Gasteiger charge is -2.05. The Morgan fingerprint density at radius 1 is 0.952 bits per heavy atom. The predicted molar refractivity (Wildman–Crippen MR) is 85.1 cm³/mol. The molecule has 3 nitrogen and oxygen atoms in total.